The lowest BCUT2D eigenvalue weighted by atomic mass is 10.1. The monoisotopic (exact) mass is 426 g/mol. The van der Waals surface area contributed by atoms with Gasteiger partial charge in [0.1, 0.15) is 5.84 Å². The molecule has 31 heavy (non-hydrogen) atoms. The molecule has 0 spiro atoms. The SMILES string of the molecule is CC(C)c1nc(-c2cccc(C(=O)NC3=Nc4cc5c(cc4C3)OC(F)(F)O5)c2)no1. The van der Waals surface area contributed by atoms with Crippen LogP contribution in [0, 0.1) is 0 Å². The molecule has 0 radical (unpaired) electrons. The first-order valence-corrected chi connectivity index (χ1v) is 9.53. The Hall–Kier alpha value is -3.82. The van der Waals surface area contributed by atoms with Crippen LogP contribution in [0.3, 0.4) is 0 Å². The lowest BCUT2D eigenvalue weighted by Crippen LogP contribution is -2.30. The second-order valence-corrected chi connectivity index (χ2v) is 7.48. The average molecular weight is 426 g/mol. The van der Waals surface area contributed by atoms with E-state index in [1.807, 2.05) is 13.8 Å². The first-order chi connectivity index (χ1) is 14.8. The van der Waals surface area contributed by atoms with Gasteiger partial charge in [-0.15, -0.1) is 8.78 Å². The van der Waals surface area contributed by atoms with Crippen molar-refractivity contribution in [2.75, 3.05) is 0 Å². The van der Waals surface area contributed by atoms with Crippen LogP contribution in [0.4, 0.5) is 14.5 Å². The summed E-state index contributed by atoms with van der Waals surface area (Å²) in [5, 5.41) is 6.71. The number of hydrogen-bond acceptors (Lipinski definition) is 7. The van der Waals surface area contributed by atoms with E-state index >= 15 is 0 Å². The number of amides is 1. The summed E-state index contributed by atoms with van der Waals surface area (Å²) in [6.07, 6.45) is -3.41. The molecule has 2 aliphatic rings. The Labute approximate surface area is 174 Å². The molecule has 158 valence electrons. The molecule has 2 aromatic carbocycles. The molecule has 8 nitrogen and oxygen atoms in total. The van der Waals surface area contributed by atoms with Crippen LogP contribution in [0.25, 0.3) is 11.4 Å². The van der Waals surface area contributed by atoms with E-state index in [2.05, 4.69) is 29.9 Å². The van der Waals surface area contributed by atoms with E-state index in [1.54, 1.807) is 24.3 Å². The molecule has 2 aliphatic heterocycles. The van der Waals surface area contributed by atoms with Crippen molar-refractivity contribution in [3.05, 3.63) is 53.4 Å². The summed E-state index contributed by atoms with van der Waals surface area (Å²) in [5.41, 5.74) is 2.13. The Morgan fingerprint density at radius 1 is 1.16 bits per heavy atom. The van der Waals surface area contributed by atoms with E-state index < -0.39 is 6.29 Å². The molecule has 1 aromatic heterocycles. The number of aliphatic imine (C=N–C) groups is 1. The van der Waals surface area contributed by atoms with Crippen LogP contribution in [0.5, 0.6) is 11.5 Å². The van der Waals surface area contributed by atoms with Crippen LogP contribution < -0.4 is 14.8 Å². The van der Waals surface area contributed by atoms with Gasteiger partial charge >= 0.3 is 6.29 Å². The van der Waals surface area contributed by atoms with Crippen LogP contribution in [-0.4, -0.2) is 28.2 Å². The summed E-state index contributed by atoms with van der Waals surface area (Å²) >= 11 is 0. The maximum atomic E-state index is 13.2. The van der Waals surface area contributed by atoms with E-state index in [1.165, 1.54) is 12.1 Å². The van der Waals surface area contributed by atoms with Gasteiger partial charge in [-0.2, -0.15) is 4.98 Å². The number of benzene rings is 2. The van der Waals surface area contributed by atoms with Gasteiger partial charge in [0.25, 0.3) is 5.91 Å². The Morgan fingerprint density at radius 2 is 1.94 bits per heavy atom. The van der Waals surface area contributed by atoms with Crippen LogP contribution >= 0.6 is 0 Å². The van der Waals surface area contributed by atoms with E-state index in [0.29, 0.717) is 39.9 Å². The summed E-state index contributed by atoms with van der Waals surface area (Å²) in [6.45, 7) is 3.89. The molecule has 1 amide bonds. The van der Waals surface area contributed by atoms with Crippen LogP contribution in [0.15, 0.2) is 45.9 Å². The molecule has 0 atom stereocenters. The fraction of sp³-hybridized carbons (Fsp3) is 0.238. The quantitative estimate of drug-likeness (QED) is 0.674. The molecule has 10 heteroatoms. The highest BCUT2D eigenvalue weighted by molar-refractivity contribution is 6.09. The molecule has 5 rings (SSSR count). The van der Waals surface area contributed by atoms with Crippen molar-refractivity contribution in [3.63, 3.8) is 0 Å². The molecule has 0 saturated heterocycles. The summed E-state index contributed by atoms with van der Waals surface area (Å²) in [5.74, 6) is 0.887. The Kier molecular flexibility index (Phi) is 4.24. The lowest BCUT2D eigenvalue weighted by molar-refractivity contribution is -0.286. The van der Waals surface area contributed by atoms with Crippen LogP contribution in [-0.2, 0) is 6.42 Å². The van der Waals surface area contributed by atoms with Gasteiger partial charge in [0.2, 0.25) is 11.7 Å². The molecule has 3 aromatic rings. The van der Waals surface area contributed by atoms with Crippen molar-refractivity contribution in [2.45, 2.75) is 32.5 Å². The number of hydrogen-bond donors (Lipinski definition) is 1. The number of carbonyl (C=O) groups excluding carboxylic acids is 1. The van der Waals surface area contributed by atoms with Gasteiger partial charge in [-0.1, -0.05) is 31.1 Å². The van der Waals surface area contributed by atoms with Gasteiger partial charge < -0.3 is 19.3 Å². The van der Waals surface area contributed by atoms with Gasteiger partial charge in [-0.05, 0) is 23.8 Å². The zero-order valence-electron chi connectivity index (χ0n) is 16.5. The maximum absolute atomic E-state index is 13.2. The Bertz CT molecular complexity index is 1240. The predicted octanol–water partition coefficient (Wildman–Crippen LogP) is 4.20. The van der Waals surface area contributed by atoms with E-state index in [0.717, 1.165) is 0 Å². The van der Waals surface area contributed by atoms with Crippen LogP contribution in [0.1, 0.15) is 41.6 Å². The second kappa shape index (κ2) is 6.86. The number of rotatable bonds is 3. The van der Waals surface area contributed by atoms with Crippen molar-refractivity contribution in [1.29, 1.82) is 0 Å². The second-order valence-electron chi connectivity index (χ2n) is 7.48. The molecule has 0 unspecified atom stereocenters. The first-order valence-electron chi connectivity index (χ1n) is 9.53. The smallest absolute Gasteiger partial charge is 0.395 e. The van der Waals surface area contributed by atoms with Crippen molar-refractivity contribution in [1.82, 2.24) is 15.5 Å². The molecule has 0 aliphatic carbocycles. The first kappa shape index (κ1) is 19.2. The van der Waals surface area contributed by atoms with Crippen LogP contribution in [0.2, 0.25) is 0 Å². The van der Waals surface area contributed by atoms with Gasteiger partial charge in [-0.25, -0.2) is 4.99 Å². The molecule has 0 fully saturated rings. The number of halogens is 2. The Balaban J connectivity index is 1.32. The van der Waals surface area contributed by atoms with Gasteiger partial charge in [0.05, 0.1) is 5.69 Å². The highest BCUT2D eigenvalue weighted by Crippen LogP contribution is 2.45. The highest BCUT2D eigenvalue weighted by Gasteiger charge is 2.44. The third-order valence-corrected chi connectivity index (χ3v) is 4.79. The zero-order valence-corrected chi connectivity index (χ0v) is 16.5. The summed E-state index contributed by atoms with van der Waals surface area (Å²) in [7, 11) is 0. The number of aromatic nitrogens is 2. The minimum Gasteiger partial charge on any atom is -0.395 e. The van der Waals surface area contributed by atoms with E-state index in [9.17, 15) is 13.6 Å². The fourth-order valence-electron chi connectivity index (χ4n) is 3.30. The molecular weight excluding hydrogens is 410 g/mol. The number of amidine groups is 1. The zero-order chi connectivity index (χ0) is 21.8. The van der Waals surface area contributed by atoms with Crippen molar-refractivity contribution < 1.29 is 27.6 Å². The third-order valence-electron chi connectivity index (χ3n) is 4.79. The number of carbonyl (C=O) groups is 1. The van der Waals surface area contributed by atoms with Gasteiger partial charge in [0.15, 0.2) is 11.5 Å². The van der Waals surface area contributed by atoms with E-state index in [4.69, 9.17) is 4.52 Å². The largest absolute Gasteiger partial charge is 0.586 e. The lowest BCUT2D eigenvalue weighted by Gasteiger charge is -2.06. The molecular formula is C21H16F2N4O4. The number of nitrogens with zero attached hydrogens (tertiary/aromatic N) is 3. The summed E-state index contributed by atoms with van der Waals surface area (Å²) in [6, 6.07) is 9.63. The summed E-state index contributed by atoms with van der Waals surface area (Å²) < 4.78 is 40.5. The fourth-order valence-corrected chi connectivity index (χ4v) is 3.30. The number of nitrogens with one attached hydrogen (secondary N) is 1. The number of fused-ring (bicyclic) bond motifs is 2. The highest BCUT2D eigenvalue weighted by atomic mass is 19.3. The van der Waals surface area contributed by atoms with Crippen molar-refractivity contribution in [2.24, 2.45) is 4.99 Å². The van der Waals surface area contributed by atoms with Crippen molar-refractivity contribution >= 4 is 17.4 Å². The number of ether oxygens (including phenoxy) is 2. The average Bonchev–Trinajstić information content (AvgIpc) is 3.41. The van der Waals surface area contributed by atoms with Gasteiger partial charge in [-0.3, -0.25) is 4.79 Å². The topological polar surface area (TPSA) is 98.8 Å². The molecule has 0 saturated carbocycles. The summed E-state index contributed by atoms with van der Waals surface area (Å²) in [4.78, 5) is 21.4. The van der Waals surface area contributed by atoms with Gasteiger partial charge in [0, 0.05) is 29.5 Å². The number of alkyl halides is 2. The predicted molar refractivity (Wildman–Crippen MR) is 105 cm³/mol. The molecule has 3 heterocycles. The molecule has 1 N–H and O–H groups in total. The minimum absolute atomic E-state index is 0.0555. The maximum Gasteiger partial charge on any atom is 0.586 e. The minimum atomic E-state index is -3.68. The standard InChI is InChI=1S/C21H16F2N4O4/c1-10(2)20-26-18(27-31-20)11-4-3-5-12(6-11)19(28)25-17-8-13-7-15-16(9-14(13)24-17)30-21(22,23)29-15/h3-7,9-10H,8H2,1-2H3,(H,24,25,28). The van der Waals surface area contributed by atoms with E-state index in [-0.39, 0.29) is 29.7 Å². The Morgan fingerprint density at radius 3 is 2.68 bits per heavy atom. The molecule has 0 bridgehead atoms. The third kappa shape index (κ3) is 3.60. The normalized spacial score (nSPS) is 15.7. The van der Waals surface area contributed by atoms with Crippen molar-refractivity contribution in [3.8, 4) is 22.9 Å².